The number of hydrogen-bond donors (Lipinski definition) is 1. The van der Waals surface area contributed by atoms with E-state index in [0.717, 1.165) is 5.56 Å². The second kappa shape index (κ2) is 6.19. The van der Waals surface area contributed by atoms with E-state index in [1.165, 1.54) is 23.1 Å². The normalized spacial score (nSPS) is 23.0. The number of halogens is 1. The number of carbonyl (C=O) groups excluding carboxylic acids is 1. The second-order valence-corrected chi connectivity index (χ2v) is 5.45. The molecular weight excluding hydrogens is 295 g/mol. The molecule has 3 rings (SSSR count). The molecule has 2 aromatic rings. The Labute approximate surface area is 133 Å². The zero-order chi connectivity index (χ0) is 16.4. The van der Waals surface area contributed by atoms with Crippen molar-refractivity contribution in [2.45, 2.75) is 18.0 Å². The molecule has 1 heterocycles. The maximum Gasteiger partial charge on any atom is 0.258 e. The van der Waals surface area contributed by atoms with E-state index in [4.69, 9.17) is 0 Å². The summed E-state index contributed by atoms with van der Waals surface area (Å²) in [6.07, 6.45) is 0. The van der Waals surface area contributed by atoms with Crippen molar-refractivity contribution < 1.29 is 14.3 Å². The van der Waals surface area contributed by atoms with E-state index in [9.17, 15) is 19.6 Å². The summed E-state index contributed by atoms with van der Waals surface area (Å²) < 4.78 is 13.9. The predicted molar refractivity (Wildman–Crippen MR) is 82.0 cm³/mol. The minimum absolute atomic E-state index is 0.0855. The molecule has 0 spiro atoms. The highest BCUT2D eigenvalue weighted by Gasteiger charge is 2.52. The molecule has 1 aliphatic heterocycles. The first-order valence-corrected chi connectivity index (χ1v) is 7.31. The van der Waals surface area contributed by atoms with Crippen molar-refractivity contribution in [2.75, 3.05) is 6.61 Å². The Kier molecular flexibility index (Phi) is 4.09. The van der Waals surface area contributed by atoms with E-state index in [1.54, 1.807) is 6.07 Å². The van der Waals surface area contributed by atoms with E-state index in [1.807, 2.05) is 30.3 Å². The summed E-state index contributed by atoms with van der Waals surface area (Å²) in [7, 11) is 0. The fourth-order valence-electron chi connectivity index (χ4n) is 3.14. The quantitative estimate of drug-likeness (QED) is 0.946. The number of aliphatic hydroxyl groups is 1. The second-order valence-electron chi connectivity index (χ2n) is 5.45. The maximum atomic E-state index is 13.9. The molecule has 0 aliphatic carbocycles. The van der Waals surface area contributed by atoms with Crippen LogP contribution in [-0.2, 0) is 0 Å². The van der Waals surface area contributed by atoms with Crippen LogP contribution in [0.4, 0.5) is 4.39 Å². The minimum atomic E-state index is -0.721. The Morgan fingerprint density at radius 3 is 2.43 bits per heavy atom. The van der Waals surface area contributed by atoms with Gasteiger partial charge in [0.2, 0.25) is 0 Å². The average molecular weight is 310 g/mol. The first-order chi connectivity index (χ1) is 11.2. The lowest BCUT2D eigenvalue weighted by Crippen LogP contribution is -2.65. The lowest BCUT2D eigenvalue weighted by atomic mass is 9.75. The number of benzene rings is 2. The molecular formula is C18H15FN2O2. The molecule has 1 fully saturated rings. The van der Waals surface area contributed by atoms with Gasteiger partial charge in [0.1, 0.15) is 11.9 Å². The summed E-state index contributed by atoms with van der Waals surface area (Å²) in [5.41, 5.74) is 0.799. The van der Waals surface area contributed by atoms with Gasteiger partial charge in [-0.25, -0.2) is 4.39 Å². The molecule has 1 aliphatic rings. The number of nitriles is 1. The van der Waals surface area contributed by atoms with Crippen LogP contribution in [-0.4, -0.2) is 34.6 Å². The van der Waals surface area contributed by atoms with Gasteiger partial charge in [-0.1, -0.05) is 42.5 Å². The zero-order valence-electron chi connectivity index (χ0n) is 12.3. The molecule has 2 aromatic carbocycles. The van der Waals surface area contributed by atoms with Gasteiger partial charge in [-0.05, 0) is 17.7 Å². The number of rotatable bonds is 3. The standard InChI is InChI=1S/C18H15FN2O2/c19-14-9-5-4-8-13(14)18(23)21-15(10-20)17(16(21)11-22)12-6-2-1-3-7-12/h1-9,15-17,22H,11H2/t15-,16+,17+/m1/s1. The number of aliphatic hydroxyl groups excluding tert-OH is 1. The first-order valence-electron chi connectivity index (χ1n) is 7.31. The van der Waals surface area contributed by atoms with Crippen LogP contribution in [0.3, 0.4) is 0 Å². The summed E-state index contributed by atoms with van der Waals surface area (Å²) >= 11 is 0. The van der Waals surface area contributed by atoms with Crippen molar-refractivity contribution in [1.29, 1.82) is 5.26 Å². The van der Waals surface area contributed by atoms with Crippen molar-refractivity contribution in [3.63, 3.8) is 0 Å². The number of nitrogens with zero attached hydrogens (tertiary/aromatic N) is 2. The number of carbonyl (C=O) groups is 1. The molecule has 0 radical (unpaired) electrons. The third kappa shape index (κ3) is 2.47. The van der Waals surface area contributed by atoms with Gasteiger partial charge in [0, 0.05) is 5.92 Å². The maximum absolute atomic E-state index is 13.9. The fourth-order valence-corrected chi connectivity index (χ4v) is 3.14. The van der Waals surface area contributed by atoms with Crippen LogP contribution in [0.2, 0.25) is 0 Å². The highest BCUT2D eigenvalue weighted by Crippen LogP contribution is 2.41. The number of likely N-dealkylation sites (tertiary alicyclic amines) is 1. The number of amides is 1. The monoisotopic (exact) mass is 310 g/mol. The number of hydrogen-bond acceptors (Lipinski definition) is 3. The summed E-state index contributed by atoms with van der Waals surface area (Å²) in [6, 6.07) is 15.8. The molecule has 116 valence electrons. The van der Waals surface area contributed by atoms with Crippen LogP contribution in [0, 0.1) is 17.1 Å². The molecule has 3 atom stereocenters. The topological polar surface area (TPSA) is 64.3 Å². The van der Waals surface area contributed by atoms with E-state index in [-0.39, 0.29) is 18.1 Å². The van der Waals surface area contributed by atoms with Crippen LogP contribution in [0.5, 0.6) is 0 Å². The summed E-state index contributed by atoms with van der Waals surface area (Å²) in [5.74, 6) is -1.48. The third-order valence-corrected chi connectivity index (χ3v) is 4.25. The van der Waals surface area contributed by atoms with Crippen LogP contribution in [0.15, 0.2) is 54.6 Å². The van der Waals surface area contributed by atoms with Crippen LogP contribution < -0.4 is 0 Å². The summed E-state index contributed by atoms with van der Waals surface area (Å²) in [6.45, 7) is -0.280. The van der Waals surface area contributed by atoms with Crippen molar-refractivity contribution in [2.24, 2.45) is 0 Å². The molecule has 0 saturated carbocycles. The zero-order valence-corrected chi connectivity index (χ0v) is 12.3. The molecule has 0 bridgehead atoms. The summed E-state index contributed by atoms with van der Waals surface area (Å²) in [5, 5.41) is 19.1. The largest absolute Gasteiger partial charge is 0.394 e. The Balaban J connectivity index is 1.93. The van der Waals surface area contributed by atoms with Gasteiger partial charge in [-0.15, -0.1) is 0 Å². The van der Waals surface area contributed by atoms with Crippen LogP contribution in [0.1, 0.15) is 21.8 Å². The van der Waals surface area contributed by atoms with Gasteiger partial charge < -0.3 is 10.0 Å². The predicted octanol–water partition coefficient (Wildman–Crippen LogP) is 2.32. The third-order valence-electron chi connectivity index (χ3n) is 4.25. The van der Waals surface area contributed by atoms with E-state index in [2.05, 4.69) is 6.07 Å². The first kappa shape index (κ1) is 15.2. The van der Waals surface area contributed by atoms with Gasteiger partial charge in [0.25, 0.3) is 5.91 Å². The lowest BCUT2D eigenvalue weighted by molar-refractivity contribution is -0.00618. The minimum Gasteiger partial charge on any atom is -0.394 e. The Bertz CT molecular complexity index is 757. The molecule has 23 heavy (non-hydrogen) atoms. The van der Waals surface area contributed by atoms with Gasteiger partial charge in [0.15, 0.2) is 0 Å². The van der Waals surface area contributed by atoms with Crippen molar-refractivity contribution in [3.8, 4) is 6.07 Å². The van der Waals surface area contributed by atoms with Crippen LogP contribution >= 0.6 is 0 Å². The molecule has 5 heteroatoms. The van der Waals surface area contributed by atoms with E-state index >= 15 is 0 Å². The molecule has 1 amide bonds. The molecule has 0 unspecified atom stereocenters. The van der Waals surface area contributed by atoms with E-state index < -0.39 is 23.8 Å². The van der Waals surface area contributed by atoms with Crippen LogP contribution in [0.25, 0.3) is 0 Å². The highest BCUT2D eigenvalue weighted by atomic mass is 19.1. The van der Waals surface area contributed by atoms with Crippen molar-refractivity contribution in [1.82, 2.24) is 4.90 Å². The van der Waals surface area contributed by atoms with Gasteiger partial charge in [-0.2, -0.15) is 5.26 Å². The molecule has 0 aromatic heterocycles. The molecule has 4 nitrogen and oxygen atoms in total. The average Bonchev–Trinajstić information content (AvgIpc) is 2.56. The molecule has 1 N–H and O–H groups in total. The molecule has 1 saturated heterocycles. The summed E-state index contributed by atoms with van der Waals surface area (Å²) in [4.78, 5) is 13.9. The Morgan fingerprint density at radius 1 is 1.17 bits per heavy atom. The SMILES string of the molecule is N#C[C@@H]1[C@H](c2ccccc2)[C@H](CO)N1C(=O)c1ccccc1F. The van der Waals surface area contributed by atoms with Gasteiger partial charge >= 0.3 is 0 Å². The Hall–Kier alpha value is -2.71. The highest BCUT2D eigenvalue weighted by molar-refractivity contribution is 5.96. The van der Waals surface area contributed by atoms with Gasteiger partial charge in [-0.3, -0.25) is 4.79 Å². The lowest BCUT2D eigenvalue weighted by Gasteiger charge is -2.51. The Morgan fingerprint density at radius 2 is 1.83 bits per heavy atom. The smallest absolute Gasteiger partial charge is 0.258 e. The van der Waals surface area contributed by atoms with Crippen molar-refractivity contribution >= 4 is 5.91 Å². The van der Waals surface area contributed by atoms with Gasteiger partial charge in [0.05, 0.1) is 24.3 Å². The van der Waals surface area contributed by atoms with Crippen molar-refractivity contribution in [3.05, 3.63) is 71.5 Å². The fraction of sp³-hybridized carbons (Fsp3) is 0.222. The van der Waals surface area contributed by atoms with E-state index in [0.29, 0.717) is 0 Å².